The number of para-hydroxylation sites is 1. The minimum absolute atomic E-state index is 0.0762. The van der Waals surface area contributed by atoms with E-state index in [1.54, 1.807) is 0 Å². The molecule has 0 aromatic heterocycles. The van der Waals surface area contributed by atoms with Gasteiger partial charge in [0, 0.05) is 11.6 Å². The Morgan fingerprint density at radius 3 is 2.29 bits per heavy atom. The minimum atomic E-state index is 0.0762. The summed E-state index contributed by atoms with van der Waals surface area (Å²) in [6, 6.07) is 8.17. The maximum Gasteiger partial charge on any atom is 0.124 e. The highest BCUT2D eigenvalue weighted by Crippen LogP contribution is 2.28. The van der Waals surface area contributed by atoms with Gasteiger partial charge in [-0.3, -0.25) is 0 Å². The number of nitrogens with two attached hydrogens (primary N) is 1. The van der Waals surface area contributed by atoms with Gasteiger partial charge in [-0.25, -0.2) is 0 Å². The van der Waals surface area contributed by atoms with Gasteiger partial charge in [-0.15, -0.1) is 0 Å². The highest BCUT2D eigenvalue weighted by atomic mass is 16.5. The Labute approximate surface area is 105 Å². The quantitative estimate of drug-likeness (QED) is 0.811. The Morgan fingerprint density at radius 2 is 1.71 bits per heavy atom. The Bertz CT molecular complexity index is 333. The molecule has 0 aliphatic heterocycles. The summed E-state index contributed by atoms with van der Waals surface area (Å²) in [6.45, 7) is 8.53. The molecule has 2 N–H and O–H groups in total. The number of hydrogen-bond donors (Lipinski definition) is 1. The van der Waals surface area contributed by atoms with E-state index in [4.69, 9.17) is 10.5 Å². The molecule has 0 bridgehead atoms. The van der Waals surface area contributed by atoms with Gasteiger partial charge in [0.15, 0.2) is 0 Å². The van der Waals surface area contributed by atoms with Crippen molar-refractivity contribution in [2.75, 3.05) is 0 Å². The molecule has 1 unspecified atom stereocenters. The lowest BCUT2D eigenvalue weighted by atomic mass is 9.98. The normalized spacial score (nSPS) is 13.1. The molecule has 17 heavy (non-hydrogen) atoms. The second-order valence-electron chi connectivity index (χ2n) is 5.28. The van der Waals surface area contributed by atoms with Gasteiger partial charge in [0.1, 0.15) is 5.75 Å². The zero-order valence-corrected chi connectivity index (χ0v) is 11.4. The van der Waals surface area contributed by atoms with Crippen LogP contribution in [0.5, 0.6) is 5.75 Å². The molecule has 1 atom stereocenters. The number of rotatable bonds is 6. The molecular weight excluding hydrogens is 210 g/mol. The summed E-state index contributed by atoms with van der Waals surface area (Å²) in [4.78, 5) is 0. The van der Waals surface area contributed by atoms with Gasteiger partial charge < -0.3 is 10.5 Å². The molecule has 0 aliphatic carbocycles. The van der Waals surface area contributed by atoms with Crippen molar-refractivity contribution in [3.05, 3.63) is 29.8 Å². The monoisotopic (exact) mass is 235 g/mol. The van der Waals surface area contributed by atoms with E-state index in [0.29, 0.717) is 5.92 Å². The van der Waals surface area contributed by atoms with E-state index < -0.39 is 0 Å². The van der Waals surface area contributed by atoms with Crippen LogP contribution in [-0.2, 0) is 0 Å². The van der Waals surface area contributed by atoms with Crippen molar-refractivity contribution in [1.29, 1.82) is 0 Å². The van der Waals surface area contributed by atoms with E-state index in [1.807, 2.05) is 32.0 Å². The molecule has 0 aliphatic rings. The second kappa shape index (κ2) is 6.65. The molecule has 1 rings (SSSR count). The van der Waals surface area contributed by atoms with Crippen LogP contribution in [0.2, 0.25) is 0 Å². The lowest BCUT2D eigenvalue weighted by Crippen LogP contribution is -2.15. The predicted molar refractivity (Wildman–Crippen MR) is 73.2 cm³/mol. The maximum absolute atomic E-state index is 6.24. The SMILES string of the molecule is CC(C)CCC(N)c1ccccc1OC(C)C. The van der Waals surface area contributed by atoms with Gasteiger partial charge in [-0.2, -0.15) is 0 Å². The molecular formula is C15H25NO. The predicted octanol–water partition coefficient (Wildman–Crippen LogP) is 3.91. The third-order valence-electron chi connectivity index (χ3n) is 2.74. The van der Waals surface area contributed by atoms with Crippen LogP contribution in [0.1, 0.15) is 52.1 Å². The topological polar surface area (TPSA) is 35.2 Å². The fourth-order valence-electron chi connectivity index (χ4n) is 1.82. The van der Waals surface area contributed by atoms with Crippen LogP contribution in [0.15, 0.2) is 24.3 Å². The van der Waals surface area contributed by atoms with Crippen LogP contribution in [0.3, 0.4) is 0 Å². The summed E-state index contributed by atoms with van der Waals surface area (Å²) in [6.07, 6.45) is 2.35. The summed E-state index contributed by atoms with van der Waals surface area (Å²) in [7, 11) is 0. The van der Waals surface area contributed by atoms with Crippen LogP contribution >= 0.6 is 0 Å². The van der Waals surface area contributed by atoms with Crippen molar-refractivity contribution in [3.63, 3.8) is 0 Å². The first-order chi connectivity index (χ1) is 8.00. The van der Waals surface area contributed by atoms with Gasteiger partial charge in [-0.05, 0) is 38.7 Å². The van der Waals surface area contributed by atoms with Gasteiger partial charge in [0.2, 0.25) is 0 Å². The fourth-order valence-corrected chi connectivity index (χ4v) is 1.82. The molecule has 1 aromatic rings. The Balaban J connectivity index is 2.74. The zero-order valence-electron chi connectivity index (χ0n) is 11.4. The van der Waals surface area contributed by atoms with E-state index in [9.17, 15) is 0 Å². The Hall–Kier alpha value is -1.02. The first kappa shape index (κ1) is 14.0. The van der Waals surface area contributed by atoms with E-state index in [2.05, 4.69) is 19.9 Å². The molecule has 2 heteroatoms. The Kier molecular flexibility index (Phi) is 5.49. The largest absolute Gasteiger partial charge is 0.491 e. The van der Waals surface area contributed by atoms with Crippen LogP contribution in [0, 0.1) is 5.92 Å². The average Bonchev–Trinajstić information content (AvgIpc) is 2.25. The number of benzene rings is 1. The van der Waals surface area contributed by atoms with Gasteiger partial charge >= 0.3 is 0 Å². The molecule has 0 saturated heterocycles. The molecule has 1 aromatic carbocycles. The summed E-state index contributed by atoms with van der Waals surface area (Å²) >= 11 is 0. The minimum Gasteiger partial charge on any atom is -0.491 e. The standard InChI is InChI=1S/C15H25NO/c1-11(2)9-10-14(16)13-7-5-6-8-15(13)17-12(3)4/h5-8,11-12,14H,9-10,16H2,1-4H3. The van der Waals surface area contributed by atoms with Crippen LogP contribution in [0.25, 0.3) is 0 Å². The molecule has 0 saturated carbocycles. The van der Waals surface area contributed by atoms with Crippen molar-refractivity contribution in [1.82, 2.24) is 0 Å². The van der Waals surface area contributed by atoms with E-state index in [1.165, 1.54) is 0 Å². The molecule has 0 heterocycles. The Morgan fingerprint density at radius 1 is 1.06 bits per heavy atom. The molecule has 0 amide bonds. The van der Waals surface area contributed by atoms with Crippen LogP contribution in [-0.4, -0.2) is 6.10 Å². The van der Waals surface area contributed by atoms with Crippen LogP contribution in [0.4, 0.5) is 0 Å². The first-order valence-corrected chi connectivity index (χ1v) is 6.52. The van der Waals surface area contributed by atoms with Gasteiger partial charge in [0.25, 0.3) is 0 Å². The molecule has 0 radical (unpaired) electrons. The van der Waals surface area contributed by atoms with E-state index >= 15 is 0 Å². The highest BCUT2D eigenvalue weighted by molar-refractivity contribution is 5.35. The zero-order chi connectivity index (χ0) is 12.8. The number of hydrogen-bond acceptors (Lipinski definition) is 2. The summed E-state index contributed by atoms with van der Waals surface area (Å²) in [5, 5.41) is 0. The van der Waals surface area contributed by atoms with Crippen molar-refractivity contribution in [2.24, 2.45) is 11.7 Å². The third-order valence-corrected chi connectivity index (χ3v) is 2.74. The average molecular weight is 235 g/mol. The van der Waals surface area contributed by atoms with Gasteiger partial charge in [-0.1, -0.05) is 32.0 Å². The lowest BCUT2D eigenvalue weighted by Gasteiger charge is -2.19. The summed E-state index contributed by atoms with van der Waals surface area (Å²) in [5.41, 5.74) is 7.37. The highest BCUT2D eigenvalue weighted by Gasteiger charge is 2.13. The van der Waals surface area contributed by atoms with Crippen molar-refractivity contribution in [2.45, 2.75) is 52.7 Å². The third kappa shape index (κ3) is 4.78. The summed E-state index contributed by atoms with van der Waals surface area (Å²) in [5.74, 6) is 1.62. The van der Waals surface area contributed by atoms with Crippen molar-refractivity contribution in [3.8, 4) is 5.75 Å². The maximum atomic E-state index is 6.24. The molecule has 96 valence electrons. The number of ether oxygens (including phenoxy) is 1. The lowest BCUT2D eigenvalue weighted by molar-refractivity contribution is 0.238. The van der Waals surface area contributed by atoms with E-state index in [0.717, 1.165) is 24.2 Å². The molecule has 0 fully saturated rings. The molecule has 0 spiro atoms. The molecule has 2 nitrogen and oxygen atoms in total. The van der Waals surface area contributed by atoms with Crippen molar-refractivity contribution < 1.29 is 4.74 Å². The van der Waals surface area contributed by atoms with Gasteiger partial charge in [0.05, 0.1) is 6.10 Å². The first-order valence-electron chi connectivity index (χ1n) is 6.52. The smallest absolute Gasteiger partial charge is 0.124 e. The van der Waals surface area contributed by atoms with Crippen molar-refractivity contribution >= 4 is 0 Å². The summed E-state index contributed by atoms with van der Waals surface area (Å²) < 4.78 is 5.79. The fraction of sp³-hybridized carbons (Fsp3) is 0.600. The second-order valence-corrected chi connectivity index (χ2v) is 5.28. The van der Waals surface area contributed by atoms with E-state index in [-0.39, 0.29) is 12.1 Å². The van der Waals surface area contributed by atoms with Crippen LogP contribution < -0.4 is 10.5 Å².